The van der Waals surface area contributed by atoms with E-state index in [-0.39, 0.29) is 6.29 Å². The molecule has 1 aromatic rings. The third-order valence-corrected chi connectivity index (χ3v) is 3.95. The normalized spacial score (nSPS) is 11.1. The van der Waals surface area contributed by atoms with Gasteiger partial charge in [-0.15, -0.1) is 11.8 Å². The van der Waals surface area contributed by atoms with Gasteiger partial charge in [0.15, 0.2) is 6.29 Å². The van der Waals surface area contributed by atoms with Crippen molar-refractivity contribution < 1.29 is 9.47 Å². The summed E-state index contributed by atoms with van der Waals surface area (Å²) in [5.41, 5.74) is 1.07. The Balaban J connectivity index is 2.35. The van der Waals surface area contributed by atoms with Crippen LogP contribution in [0.5, 0.6) is 0 Å². The summed E-state index contributed by atoms with van der Waals surface area (Å²) >= 11 is 1.92. The molecule has 0 aliphatic rings. The van der Waals surface area contributed by atoms with E-state index in [2.05, 4.69) is 31.2 Å². The number of methoxy groups -OCH3 is 2. The van der Waals surface area contributed by atoms with E-state index in [9.17, 15) is 0 Å². The third-order valence-electron chi connectivity index (χ3n) is 2.85. The topological polar surface area (TPSA) is 18.5 Å². The molecule has 0 bridgehead atoms. The molecule has 0 heterocycles. The molecule has 2 nitrogen and oxygen atoms in total. The summed E-state index contributed by atoms with van der Waals surface area (Å²) in [7, 11) is 3.31. The highest BCUT2D eigenvalue weighted by Crippen LogP contribution is 2.23. The number of hydrogen-bond acceptors (Lipinski definition) is 3. The second-order valence-corrected chi connectivity index (χ2v) is 5.45. The first kappa shape index (κ1) is 15.5. The van der Waals surface area contributed by atoms with Crippen LogP contribution < -0.4 is 0 Å². The Morgan fingerprint density at radius 3 is 2.22 bits per heavy atom. The lowest BCUT2D eigenvalue weighted by atomic mass is 10.2. The van der Waals surface area contributed by atoms with Crippen molar-refractivity contribution in [1.82, 2.24) is 0 Å². The van der Waals surface area contributed by atoms with Gasteiger partial charge in [-0.2, -0.15) is 0 Å². The van der Waals surface area contributed by atoms with Crippen LogP contribution in [0.1, 0.15) is 44.5 Å². The van der Waals surface area contributed by atoms with E-state index < -0.39 is 0 Å². The van der Waals surface area contributed by atoms with Gasteiger partial charge in [0.2, 0.25) is 0 Å². The van der Waals surface area contributed by atoms with Gasteiger partial charge in [-0.05, 0) is 24.3 Å². The van der Waals surface area contributed by atoms with Crippen LogP contribution >= 0.6 is 11.8 Å². The zero-order valence-corrected chi connectivity index (χ0v) is 12.5. The summed E-state index contributed by atoms with van der Waals surface area (Å²) in [6.07, 6.45) is 5.04. The molecule has 0 atom stereocenters. The number of hydrogen-bond donors (Lipinski definition) is 0. The van der Waals surface area contributed by atoms with E-state index >= 15 is 0 Å². The first-order chi connectivity index (χ1) is 8.81. The second-order valence-electron chi connectivity index (χ2n) is 4.28. The molecule has 0 unspecified atom stereocenters. The fourth-order valence-electron chi connectivity index (χ4n) is 1.81. The van der Waals surface area contributed by atoms with Crippen LogP contribution in [0.3, 0.4) is 0 Å². The Morgan fingerprint density at radius 1 is 1.00 bits per heavy atom. The molecule has 0 saturated heterocycles. The maximum absolute atomic E-state index is 5.22. The van der Waals surface area contributed by atoms with E-state index in [1.165, 1.54) is 36.3 Å². The summed E-state index contributed by atoms with van der Waals surface area (Å²) in [5.74, 6) is 1.21. The van der Waals surface area contributed by atoms with Crippen LogP contribution in [0, 0.1) is 0 Å². The van der Waals surface area contributed by atoms with E-state index in [4.69, 9.17) is 9.47 Å². The predicted molar refractivity (Wildman–Crippen MR) is 78.1 cm³/mol. The Labute approximate surface area is 115 Å². The van der Waals surface area contributed by atoms with Gasteiger partial charge in [-0.3, -0.25) is 0 Å². The molecule has 3 heteroatoms. The third kappa shape index (κ3) is 5.42. The zero-order valence-electron chi connectivity index (χ0n) is 11.6. The number of thioether (sulfide) groups is 1. The highest BCUT2D eigenvalue weighted by Gasteiger charge is 2.07. The van der Waals surface area contributed by atoms with Gasteiger partial charge in [0.25, 0.3) is 0 Å². The van der Waals surface area contributed by atoms with Gasteiger partial charge in [0.05, 0.1) is 0 Å². The average molecular weight is 268 g/mol. The van der Waals surface area contributed by atoms with Crippen LogP contribution in [0.4, 0.5) is 0 Å². The van der Waals surface area contributed by atoms with Crippen molar-refractivity contribution in [2.24, 2.45) is 0 Å². The molecule has 0 aliphatic carbocycles. The fraction of sp³-hybridized carbons (Fsp3) is 0.600. The van der Waals surface area contributed by atoms with Crippen LogP contribution in [-0.4, -0.2) is 20.0 Å². The van der Waals surface area contributed by atoms with Gasteiger partial charge in [0.1, 0.15) is 0 Å². The summed E-state index contributed by atoms with van der Waals surface area (Å²) in [6.45, 7) is 2.24. The molecule has 0 spiro atoms. The number of benzene rings is 1. The number of unbranched alkanes of at least 4 members (excludes halogenated alkanes) is 3. The summed E-state index contributed by atoms with van der Waals surface area (Å²) in [4.78, 5) is 1.32. The summed E-state index contributed by atoms with van der Waals surface area (Å²) in [6, 6.07) is 8.44. The van der Waals surface area contributed by atoms with Crippen molar-refractivity contribution in [3.63, 3.8) is 0 Å². The molecule has 0 aliphatic heterocycles. The molecule has 0 N–H and O–H groups in total. The quantitative estimate of drug-likeness (QED) is 0.369. The standard InChI is InChI=1S/C15H24O2S/c1-4-5-6-7-12-18-14-10-8-13(9-11-14)15(16-2)17-3/h8-11,15H,4-7,12H2,1-3H3. The molecule has 0 amide bonds. The van der Waals surface area contributed by atoms with Gasteiger partial charge in [-0.1, -0.05) is 38.3 Å². The molecule has 1 aromatic carbocycles. The van der Waals surface area contributed by atoms with E-state index in [1.54, 1.807) is 14.2 Å². The Hall–Kier alpha value is -0.510. The Morgan fingerprint density at radius 2 is 1.67 bits per heavy atom. The lowest BCUT2D eigenvalue weighted by molar-refractivity contribution is -0.106. The Bertz CT molecular complexity index is 307. The van der Waals surface area contributed by atoms with Crippen LogP contribution in [0.25, 0.3) is 0 Å². The first-order valence-corrected chi connectivity index (χ1v) is 7.58. The first-order valence-electron chi connectivity index (χ1n) is 6.60. The molecule has 0 aromatic heterocycles. The highest BCUT2D eigenvalue weighted by molar-refractivity contribution is 7.99. The number of rotatable bonds is 9. The summed E-state index contributed by atoms with van der Waals surface area (Å²) < 4.78 is 10.4. The minimum atomic E-state index is -0.256. The molecule has 0 saturated carbocycles. The van der Waals surface area contributed by atoms with Crippen molar-refractivity contribution in [1.29, 1.82) is 0 Å². The van der Waals surface area contributed by atoms with Crippen LogP contribution in [0.15, 0.2) is 29.2 Å². The fourth-order valence-corrected chi connectivity index (χ4v) is 2.72. The molecular formula is C15H24O2S. The lowest BCUT2D eigenvalue weighted by Crippen LogP contribution is -2.02. The lowest BCUT2D eigenvalue weighted by Gasteiger charge is -2.13. The molecule has 18 heavy (non-hydrogen) atoms. The van der Waals surface area contributed by atoms with Crippen molar-refractivity contribution in [2.75, 3.05) is 20.0 Å². The SMILES string of the molecule is CCCCCCSc1ccc(C(OC)OC)cc1. The predicted octanol–water partition coefficient (Wildman–Crippen LogP) is 4.65. The monoisotopic (exact) mass is 268 g/mol. The minimum Gasteiger partial charge on any atom is -0.352 e. The smallest absolute Gasteiger partial charge is 0.183 e. The summed E-state index contributed by atoms with van der Waals surface area (Å²) in [5, 5.41) is 0. The number of ether oxygens (including phenoxy) is 2. The molecule has 0 fully saturated rings. The van der Waals surface area contributed by atoms with Gasteiger partial charge in [0, 0.05) is 24.7 Å². The van der Waals surface area contributed by atoms with Crippen molar-refractivity contribution in [2.45, 2.75) is 43.8 Å². The molecule has 0 radical (unpaired) electrons. The van der Waals surface area contributed by atoms with Gasteiger partial charge in [-0.25, -0.2) is 0 Å². The largest absolute Gasteiger partial charge is 0.352 e. The van der Waals surface area contributed by atoms with Crippen molar-refractivity contribution in [3.8, 4) is 0 Å². The van der Waals surface area contributed by atoms with Crippen LogP contribution in [-0.2, 0) is 9.47 Å². The van der Waals surface area contributed by atoms with Gasteiger partial charge < -0.3 is 9.47 Å². The average Bonchev–Trinajstić information content (AvgIpc) is 2.41. The molecular weight excluding hydrogens is 244 g/mol. The maximum atomic E-state index is 5.22. The molecule has 1 rings (SSSR count). The zero-order chi connectivity index (χ0) is 13.2. The molecule has 102 valence electrons. The Kier molecular flexibility index (Phi) is 8.14. The van der Waals surface area contributed by atoms with Gasteiger partial charge >= 0.3 is 0 Å². The maximum Gasteiger partial charge on any atom is 0.183 e. The van der Waals surface area contributed by atoms with Crippen molar-refractivity contribution >= 4 is 11.8 Å². The van der Waals surface area contributed by atoms with Crippen molar-refractivity contribution in [3.05, 3.63) is 29.8 Å². The van der Waals surface area contributed by atoms with E-state index in [0.717, 1.165) is 5.56 Å². The van der Waals surface area contributed by atoms with E-state index in [1.807, 2.05) is 11.8 Å². The van der Waals surface area contributed by atoms with Crippen LogP contribution in [0.2, 0.25) is 0 Å². The van der Waals surface area contributed by atoms with E-state index in [0.29, 0.717) is 0 Å². The second kappa shape index (κ2) is 9.42. The highest BCUT2D eigenvalue weighted by atomic mass is 32.2. The minimum absolute atomic E-state index is 0.256.